The first-order chi connectivity index (χ1) is 14.1. The van der Waals surface area contributed by atoms with E-state index in [1.54, 1.807) is 25.3 Å². The lowest BCUT2D eigenvalue weighted by Gasteiger charge is -2.16. The molecule has 0 radical (unpaired) electrons. The van der Waals surface area contributed by atoms with Crippen LogP contribution in [0.3, 0.4) is 0 Å². The van der Waals surface area contributed by atoms with Gasteiger partial charge in [-0.05, 0) is 36.2 Å². The summed E-state index contributed by atoms with van der Waals surface area (Å²) in [6.07, 6.45) is 3.63. The topological polar surface area (TPSA) is 85.2 Å². The van der Waals surface area contributed by atoms with Crippen LogP contribution in [0.2, 0.25) is 0 Å². The summed E-state index contributed by atoms with van der Waals surface area (Å²) in [5, 5.41) is 9.74. The number of hydrogen-bond acceptors (Lipinski definition) is 4. The summed E-state index contributed by atoms with van der Waals surface area (Å²) in [6, 6.07) is 18.1. The van der Waals surface area contributed by atoms with Gasteiger partial charge in [0.05, 0.1) is 6.54 Å². The van der Waals surface area contributed by atoms with E-state index in [9.17, 15) is 9.59 Å². The number of benzene rings is 2. The molecule has 3 aromatic rings. The van der Waals surface area contributed by atoms with Crippen molar-refractivity contribution in [3.05, 3.63) is 84.2 Å². The molecule has 150 valence electrons. The number of carbonyl (C=O) groups is 2. The first-order valence-corrected chi connectivity index (χ1v) is 9.41. The van der Waals surface area contributed by atoms with Crippen molar-refractivity contribution in [2.75, 3.05) is 6.61 Å². The highest BCUT2D eigenvalue weighted by molar-refractivity contribution is 5.87. The molecule has 2 N–H and O–H groups in total. The largest absolute Gasteiger partial charge is 0.484 e. The molecule has 0 unspecified atom stereocenters. The van der Waals surface area contributed by atoms with Crippen LogP contribution in [0.15, 0.2) is 73.1 Å². The predicted octanol–water partition coefficient (Wildman–Crippen LogP) is 2.13. The van der Waals surface area contributed by atoms with E-state index < -0.39 is 6.04 Å². The highest BCUT2D eigenvalue weighted by atomic mass is 16.5. The van der Waals surface area contributed by atoms with Crippen LogP contribution in [0.5, 0.6) is 5.75 Å². The number of nitrogens with zero attached hydrogens (tertiary/aromatic N) is 2. The second kappa shape index (κ2) is 10.1. The quantitative estimate of drug-likeness (QED) is 0.584. The fourth-order valence-electron chi connectivity index (χ4n) is 2.80. The van der Waals surface area contributed by atoms with E-state index in [0.29, 0.717) is 18.8 Å². The van der Waals surface area contributed by atoms with E-state index >= 15 is 0 Å². The van der Waals surface area contributed by atoms with Gasteiger partial charge in [0.2, 0.25) is 5.91 Å². The molecule has 1 aromatic heterocycles. The summed E-state index contributed by atoms with van der Waals surface area (Å²) in [5.74, 6) is -0.00363. The van der Waals surface area contributed by atoms with Gasteiger partial charge in [-0.2, -0.15) is 5.10 Å². The molecule has 0 aliphatic rings. The zero-order valence-electron chi connectivity index (χ0n) is 16.2. The van der Waals surface area contributed by atoms with Gasteiger partial charge in [-0.15, -0.1) is 0 Å². The van der Waals surface area contributed by atoms with Crippen molar-refractivity contribution in [1.29, 1.82) is 0 Å². The first kappa shape index (κ1) is 20.1. The molecule has 2 aromatic carbocycles. The lowest BCUT2D eigenvalue weighted by Crippen LogP contribution is -2.46. The first-order valence-electron chi connectivity index (χ1n) is 9.41. The monoisotopic (exact) mass is 392 g/mol. The Bertz CT molecular complexity index is 926. The number of ether oxygens (including phenoxy) is 1. The number of nitrogens with one attached hydrogen (secondary N) is 2. The standard InChI is InChI=1S/C22H24N4O3/c1-17(25-21(27)16-29-20-10-3-2-4-11-20)22(28)23-14-18-8-5-6-9-19(18)15-26-13-7-12-24-26/h2-13,17H,14-16H2,1H3,(H,23,28)(H,25,27)/t17-/m1/s1. The molecule has 3 rings (SSSR count). The molecule has 1 atom stereocenters. The molecule has 0 spiro atoms. The van der Waals surface area contributed by atoms with Gasteiger partial charge in [-0.3, -0.25) is 14.3 Å². The van der Waals surface area contributed by atoms with Crippen LogP contribution in [-0.4, -0.2) is 34.2 Å². The molecule has 0 aliphatic carbocycles. The molecule has 1 heterocycles. The Hall–Kier alpha value is -3.61. The molecular weight excluding hydrogens is 368 g/mol. The summed E-state index contributed by atoms with van der Waals surface area (Å²) in [5.41, 5.74) is 2.08. The third kappa shape index (κ3) is 6.21. The number of amides is 2. The van der Waals surface area contributed by atoms with E-state index in [1.807, 2.05) is 59.4 Å². The Kier molecular flexibility index (Phi) is 7.00. The molecule has 7 heteroatoms. The van der Waals surface area contributed by atoms with Gasteiger partial charge >= 0.3 is 0 Å². The maximum absolute atomic E-state index is 12.4. The van der Waals surface area contributed by atoms with Crippen LogP contribution in [0.1, 0.15) is 18.1 Å². The molecule has 0 bridgehead atoms. The molecular formula is C22H24N4O3. The van der Waals surface area contributed by atoms with Gasteiger partial charge in [0, 0.05) is 18.9 Å². The number of carbonyl (C=O) groups excluding carboxylic acids is 2. The third-order valence-electron chi connectivity index (χ3n) is 4.35. The molecule has 29 heavy (non-hydrogen) atoms. The second-order valence-corrected chi connectivity index (χ2v) is 6.58. The van der Waals surface area contributed by atoms with E-state index in [2.05, 4.69) is 15.7 Å². The van der Waals surface area contributed by atoms with Gasteiger partial charge in [0.1, 0.15) is 11.8 Å². The van der Waals surface area contributed by atoms with Crippen molar-refractivity contribution in [3.63, 3.8) is 0 Å². The molecule has 7 nitrogen and oxygen atoms in total. The zero-order chi connectivity index (χ0) is 20.5. The minimum atomic E-state index is -0.667. The van der Waals surface area contributed by atoms with Crippen LogP contribution in [0.25, 0.3) is 0 Å². The Morgan fingerprint density at radius 1 is 1.03 bits per heavy atom. The summed E-state index contributed by atoms with van der Waals surface area (Å²) < 4.78 is 7.22. The van der Waals surface area contributed by atoms with Crippen molar-refractivity contribution in [2.24, 2.45) is 0 Å². The maximum atomic E-state index is 12.4. The van der Waals surface area contributed by atoms with Crippen molar-refractivity contribution in [2.45, 2.75) is 26.1 Å². The lowest BCUT2D eigenvalue weighted by atomic mass is 10.1. The van der Waals surface area contributed by atoms with Gasteiger partial charge in [-0.1, -0.05) is 42.5 Å². The van der Waals surface area contributed by atoms with E-state index in [1.165, 1.54) is 0 Å². The van der Waals surface area contributed by atoms with Crippen LogP contribution in [-0.2, 0) is 22.7 Å². The highest BCUT2D eigenvalue weighted by Crippen LogP contribution is 2.10. The fourth-order valence-corrected chi connectivity index (χ4v) is 2.80. The molecule has 0 aliphatic heterocycles. The number of hydrogen-bond donors (Lipinski definition) is 2. The average Bonchev–Trinajstić information content (AvgIpc) is 3.25. The summed E-state index contributed by atoms with van der Waals surface area (Å²) in [7, 11) is 0. The van der Waals surface area contributed by atoms with Gasteiger partial charge in [0.15, 0.2) is 6.61 Å². The molecule has 0 saturated carbocycles. The molecule has 2 amide bonds. The number of aromatic nitrogens is 2. The minimum absolute atomic E-state index is 0.145. The van der Waals surface area contributed by atoms with Crippen LogP contribution < -0.4 is 15.4 Å². The second-order valence-electron chi connectivity index (χ2n) is 6.58. The number of para-hydroxylation sites is 1. The van der Waals surface area contributed by atoms with Gasteiger partial charge in [0.25, 0.3) is 5.91 Å². The summed E-state index contributed by atoms with van der Waals surface area (Å²) >= 11 is 0. The Balaban J connectivity index is 1.47. The van der Waals surface area contributed by atoms with Gasteiger partial charge in [-0.25, -0.2) is 0 Å². The van der Waals surface area contributed by atoms with Crippen LogP contribution in [0, 0.1) is 0 Å². The van der Waals surface area contributed by atoms with Crippen molar-refractivity contribution >= 4 is 11.8 Å². The normalized spacial score (nSPS) is 11.5. The van der Waals surface area contributed by atoms with Crippen molar-refractivity contribution in [3.8, 4) is 5.75 Å². The Labute approximate surface area is 169 Å². The van der Waals surface area contributed by atoms with Crippen molar-refractivity contribution in [1.82, 2.24) is 20.4 Å². The molecule has 0 saturated heterocycles. The summed E-state index contributed by atoms with van der Waals surface area (Å²) in [4.78, 5) is 24.4. The number of rotatable bonds is 9. The zero-order valence-corrected chi connectivity index (χ0v) is 16.2. The predicted molar refractivity (Wildman–Crippen MR) is 109 cm³/mol. The Morgan fingerprint density at radius 3 is 2.48 bits per heavy atom. The minimum Gasteiger partial charge on any atom is -0.484 e. The summed E-state index contributed by atoms with van der Waals surface area (Å²) in [6.45, 7) is 2.50. The third-order valence-corrected chi connectivity index (χ3v) is 4.35. The SMILES string of the molecule is C[C@@H](NC(=O)COc1ccccc1)C(=O)NCc1ccccc1Cn1cccn1. The Morgan fingerprint density at radius 2 is 1.76 bits per heavy atom. The average molecular weight is 392 g/mol. The van der Waals surface area contributed by atoms with E-state index in [0.717, 1.165) is 11.1 Å². The van der Waals surface area contributed by atoms with Crippen LogP contribution >= 0.6 is 0 Å². The molecule has 0 fully saturated rings. The van der Waals surface area contributed by atoms with E-state index in [4.69, 9.17) is 4.74 Å². The highest BCUT2D eigenvalue weighted by Gasteiger charge is 2.16. The van der Waals surface area contributed by atoms with Gasteiger partial charge < -0.3 is 15.4 Å². The smallest absolute Gasteiger partial charge is 0.258 e. The van der Waals surface area contributed by atoms with Crippen molar-refractivity contribution < 1.29 is 14.3 Å². The van der Waals surface area contributed by atoms with E-state index in [-0.39, 0.29) is 18.4 Å². The lowest BCUT2D eigenvalue weighted by molar-refractivity contribution is -0.129. The maximum Gasteiger partial charge on any atom is 0.258 e. The van der Waals surface area contributed by atoms with Crippen LogP contribution in [0.4, 0.5) is 0 Å². The fraction of sp³-hybridized carbons (Fsp3) is 0.227.